The Morgan fingerprint density at radius 3 is 2.50 bits per heavy atom. The number of benzene rings is 1. The number of morpholine rings is 1. The van der Waals surface area contributed by atoms with Crippen molar-refractivity contribution >= 4 is 33.4 Å². The highest BCUT2D eigenvalue weighted by atomic mass is 35.5. The molecule has 1 aromatic carbocycles. The van der Waals surface area contributed by atoms with Gasteiger partial charge in [0.2, 0.25) is 0 Å². The highest BCUT2D eigenvalue weighted by molar-refractivity contribution is 7.87. The molecular weight excluding hydrogens is 347 g/mol. The van der Waals surface area contributed by atoms with E-state index >= 15 is 0 Å². The SMILES string of the molecule is C[C@@H]1CN(S(=O)(=O)NCCc2ccc(Cl)cc2Cl)C[C@H](C)O1. The van der Waals surface area contributed by atoms with Crippen LogP contribution in [0.2, 0.25) is 10.0 Å². The summed E-state index contributed by atoms with van der Waals surface area (Å²) in [6, 6.07) is 5.19. The molecule has 0 bridgehead atoms. The van der Waals surface area contributed by atoms with Crippen LogP contribution in [0.4, 0.5) is 0 Å². The average molecular weight is 367 g/mol. The molecular formula is C14H20Cl2N2O3S. The molecule has 1 aromatic rings. The number of hydrogen-bond donors (Lipinski definition) is 1. The predicted molar refractivity (Wildman–Crippen MR) is 88.7 cm³/mol. The van der Waals surface area contributed by atoms with Crippen LogP contribution in [0.25, 0.3) is 0 Å². The fourth-order valence-electron chi connectivity index (χ4n) is 2.46. The summed E-state index contributed by atoms with van der Waals surface area (Å²) in [4.78, 5) is 0. The molecule has 1 aliphatic rings. The topological polar surface area (TPSA) is 58.6 Å². The standard InChI is InChI=1S/C14H20Cl2N2O3S/c1-10-8-18(9-11(2)21-10)22(19,20)17-6-5-12-3-4-13(15)7-14(12)16/h3-4,7,10-11,17H,5-6,8-9H2,1-2H3/t10-,11+. The largest absolute Gasteiger partial charge is 0.373 e. The minimum atomic E-state index is -3.51. The molecule has 2 rings (SSSR count). The van der Waals surface area contributed by atoms with Crippen LogP contribution in [-0.2, 0) is 21.4 Å². The molecule has 1 aliphatic heterocycles. The second kappa shape index (κ2) is 7.47. The lowest BCUT2D eigenvalue weighted by Gasteiger charge is -2.34. The third-order valence-corrected chi connectivity index (χ3v) is 5.55. The van der Waals surface area contributed by atoms with Gasteiger partial charge in [-0.15, -0.1) is 0 Å². The lowest BCUT2D eigenvalue weighted by Crippen LogP contribution is -2.52. The number of hydrogen-bond acceptors (Lipinski definition) is 3. The van der Waals surface area contributed by atoms with Gasteiger partial charge in [-0.25, -0.2) is 4.72 Å². The lowest BCUT2D eigenvalue weighted by atomic mass is 10.1. The van der Waals surface area contributed by atoms with Gasteiger partial charge in [-0.1, -0.05) is 29.3 Å². The first-order valence-electron chi connectivity index (χ1n) is 7.12. The molecule has 124 valence electrons. The fourth-order valence-corrected chi connectivity index (χ4v) is 4.32. The number of nitrogens with zero attached hydrogens (tertiary/aromatic N) is 1. The fraction of sp³-hybridized carbons (Fsp3) is 0.571. The summed E-state index contributed by atoms with van der Waals surface area (Å²) in [5.41, 5.74) is 0.859. The molecule has 22 heavy (non-hydrogen) atoms. The quantitative estimate of drug-likeness (QED) is 0.870. The van der Waals surface area contributed by atoms with Crippen LogP contribution >= 0.6 is 23.2 Å². The van der Waals surface area contributed by atoms with Crippen molar-refractivity contribution in [2.24, 2.45) is 0 Å². The van der Waals surface area contributed by atoms with Gasteiger partial charge >= 0.3 is 0 Å². The van der Waals surface area contributed by atoms with Crippen LogP contribution in [0, 0.1) is 0 Å². The van der Waals surface area contributed by atoms with E-state index in [1.807, 2.05) is 13.8 Å². The monoisotopic (exact) mass is 366 g/mol. The second-order valence-electron chi connectivity index (χ2n) is 5.46. The zero-order valence-corrected chi connectivity index (χ0v) is 14.9. The molecule has 8 heteroatoms. The summed E-state index contributed by atoms with van der Waals surface area (Å²) < 4.78 is 34.2. The molecule has 0 aromatic heterocycles. The normalized spacial score (nSPS) is 23.6. The van der Waals surface area contributed by atoms with Gasteiger partial charge in [0, 0.05) is 29.7 Å². The minimum absolute atomic E-state index is 0.106. The van der Waals surface area contributed by atoms with E-state index in [0.717, 1.165) is 5.56 Å². The summed E-state index contributed by atoms with van der Waals surface area (Å²) in [6.07, 6.45) is 0.294. The molecule has 0 aliphatic carbocycles. The van der Waals surface area contributed by atoms with Gasteiger partial charge < -0.3 is 4.74 Å². The van der Waals surface area contributed by atoms with Crippen molar-refractivity contribution in [3.8, 4) is 0 Å². The van der Waals surface area contributed by atoms with E-state index in [1.54, 1.807) is 18.2 Å². The first kappa shape index (κ1) is 18.0. The Labute approximate surface area is 141 Å². The Kier molecular flexibility index (Phi) is 6.10. The van der Waals surface area contributed by atoms with E-state index in [1.165, 1.54) is 4.31 Å². The zero-order chi connectivity index (χ0) is 16.3. The van der Waals surface area contributed by atoms with Crippen molar-refractivity contribution in [2.75, 3.05) is 19.6 Å². The van der Waals surface area contributed by atoms with Crippen molar-refractivity contribution in [1.29, 1.82) is 0 Å². The average Bonchev–Trinajstić information content (AvgIpc) is 2.40. The molecule has 0 radical (unpaired) electrons. The van der Waals surface area contributed by atoms with E-state index in [4.69, 9.17) is 27.9 Å². The molecule has 2 atom stereocenters. The Morgan fingerprint density at radius 1 is 1.27 bits per heavy atom. The van der Waals surface area contributed by atoms with E-state index in [2.05, 4.69) is 4.72 Å². The summed E-state index contributed by atoms with van der Waals surface area (Å²) in [5.74, 6) is 0. The molecule has 1 heterocycles. The zero-order valence-electron chi connectivity index (χ0n) is 12.6. The van der Waals surface area contributed by atoms with Crippen molar-refractivity contribution in [2.45, 2.75) is 32.5 Å². The Hall–Kier alpha value is -0.370. The molecule has 5 nitrogen and oxygen atoms in total. The highest BCUT2D eigenvalue weighted by Gasteiger charge is 2.30. The Morgan fingerprint density at radius 2 is 1.91 bits per heavy atom. The summed E-state index contributed by atoms with van der Waals surface area (Å²) in [5, 5.41) is 1.10. The van der Waals surface area contributed by atoms with Crippen LogP contribution in [0.15, 0.2) is 18.2 Å². The van der Waals surface area contributed by atoms with Crippen LogP contribution < -0.4 is 4.72 Å². The third-order valence-electron chi connectivity index (χ3n) is 3.42. The van der Waals surface area contributed by atoms with Crippen LogP contribution in [0.1, 0.15) is 19.4 Å². The smallest absolute Gasteiger partial charge is 0.279 e. The number of rotatable bonds is 5. The maximum atomic E-state index is 12.3. The summed E-state index contributed by atoms with van der Waals surface area (Å²) in [6.45, 7) is 4.74. The molecule has 0 unspecified atom stereocenters. The van der Waals surface area contributed by atoms with Gasteiger partial charge in [-0.05, 0) is 38.0 Å². The predicted octanol–water partition coefficient (Wildman–Crippen LogP) is 2.48. The maximum Gasteiger partial charge on any atom is 0.279 e. The van der Waals surface area contributed by atoms with Gasteiger partial charge in [0.25, 0.3) is 10.2 Å². The molecule has 0 spiro atoms. The maximum absolute atomic E-state index is 12.3. The van der Waals surface area contributed by atoms with Crippen molar-refractivity contribution in [1.82, 2.24) is 9.03 Å². The van der Waals surface area contributed by atoms with Crippen LogP contribution in [0.5, 0.6) is 0 Å². The number of nitrogens with one attached hydrogen (secondary N) is 1. The Balaban J connectivity index is 1.92. The van der Waals surface area contributed by atoms with E-state index in [0.29, 0.717) is 29.6 Å². The molecule has 1 saturated heterocycles. The molecule has 1 fully saturated rings. The first-order valence-corrected chi connectivity index (χ1v) is 9.31. The van der Waals surface area contributed by atoms with Gasteiger partial charge in [-0.2, -0.15) is 12.7 Å². The van der Waals surface area contributed by atoms with Gasteiger partial charge in [0.05, 0.1) is 12.2 Å². The van der Waals surface area contributed by atoms with Crippen molar-refractivity contribution < 1.29 is 13.2 Å². The van der Waals surface area contributed by atoms with E-state index in [-0.39, 0.29) is 18.8 Å². The lowest BCUT2D eigenvalue weighted by molar-refractivity contribution is -0.0443. The highest BCUT2D eigenvalue weighted by Crippen LogP contribution is 2.21. The van der Waals surface area contributed by atoms with Crippen molar-refractivity contribution in [3.63, 3.8) is 0 Å². The van der Waals surface area contributed by atoms with Gasteiger partial charge in [0.15, 0.2) is 0 Å². The van der Waals surface area contributed by atoms with Crippen LogP contribution in [0.3, 0.4) is 0 Å². The summed E-state index contributed by atoms with van der Waals surface area (Å²) >= 11 is 11.9. The summed E-state index contributed by atoms with van der Waals surface area (Å²) in [7, 11) is -3.51. The molecule has 0 saturated carbocycles. The van der Waals surface area contributed by atoms with E-state index < -0.39 is 10.2 Å². The van der Waals surface area contributed by atoms with Crippen LogP contribution in [-0.4, -0.2) is 44.6 Å². The third kappa shape index (κ3) is 4.81. The van der Waals surface area contributed by atoms with Crippen molar-refractivity contribution in [3.05, 3.63) is 33.8 Å². The Bertz CT molecular complexity index is 615. The van der Waals surface area contributed by atoms with E-state index in [9.17, 15) is 8.42 Å². The molecule has 0 amide bonds. The number of halogens is 2. The second-order valence-corrected chi connectivity index (χ2v) is 8.06. The van der Waals surface area contributed by atoms with Gasteiger partial charge in [0.1, 0.15) is 0 Å². The first-order chi connectivity index (χ1) is 10.3. The number of ether oxygens (including phenoxy) is 1. The minimum Gasteiger partial charge on any atom is -0.373 e. The van der Waals surface area contributed by atoms with Gasteiger partial charge in [-0.3, -0.25) is 0 Å². The molecule has 1 N–H and O–H groups in total.